The molecule has 0 unspecified atom stereocenters. The molecule has 1 aliphatic heterocycles. The summed E-state index contributed by atoms with van der Waals surface area (Å²) >= 11 is 0. The van der Waals surface area contributed by atoms with E-state index in [1.807, 2.05) is 7.05 Å². The molecule has 0 spiro atoms. The van der Waals surface area contributed by atoms with Gasteiger partial charge in [0.25, 0.3) is 0 Å². The van der Waals surface area contributed by atoms with Crippen molar-refractivity contribution in [3.05, 3.63) is 0 Å². The standard InChI is InChI=1S/C22H39N3O2/c1-23-16-18-11-13-25(14-12-18)22(27)19-7-9-20(10-8-19)24-21(26)15-17-5-3-2-4-6-17/h17-20,23H,2-16H2,1H3,(H,24,26). The molecule has 3 fully saturated rings. The van der Waals surface area contributed by atoms with E-state index in [0.717, 1.165) is 58.2 Å². The van der Waals surface area contributed by atoms with E-state index < -0.39 is 0 Å². The van der Waals surface area contributed by atoms with E-state index >= 15 is 0 Å². The van der Waals surface area contributed by atoms with E-state index in [-0.39, 0.29) is 17.9 Å². The molecule has 0 bridgehead atoms. The minimum Gasteiger partial charge on any atom is -0.353 e. The summed E-state index contributed by atoms with van der Waals surface area (Å²) in [5.41, 5.74) is 0. The number of piperidine rings is 1. The maximum absolute atomic E-state index is 12.8. The van der Waals surface area contributed by atoms with E-state index in [2.05, 4.69) is 15.5 Å². The number of nitrogens with one attached hydrogen (secondary N) is 2. The number of rotatable bonds is 6. The van der Waals surface area contributed by atoms with E-state index in [4.69, 9.17) is 0 Å². The quantitative estimate of drug-likeness (QED) is 0.748. The van der Waals surface area contributed by atoms with Gasteiger partial charge in [-0.25, -0.2) is 0 Å². The van der Waals surface area contributed by atoms with Gasteiger partial charge in [0.2, 0.25) is 11.8 Å². The van der Waals surface area contributed by atoms with Gasteiger partial charge in [-0.3, -0.25) is 9.59 Å². The van der Waals surface area contributed by atoms with Crippen molar-refractivity contribution in [1.82, 2.24) is 15.5 Å². The minimum atomic E-state index is 0.178. The smallest absolute Gasteiger partial charge is 0.225 e. The zero-order valence-corrected chi connectivity index (χ0v) is 17.2. The molecule has 154 valence electrons. The molecule has 0 aromatic carbocycles. The first-order chi connectivity index (χ1) is 13.2. The van der Waals surface area contributed by atoms with Crippen LogP contribution in [0.15, 0.2) is 0 Å². The van der Waals surface area contributed by atoms with Crippen LogP contribution in [0, 0.1) is 17.8 Å². The lowest BCUT2D eigenvalue weighted by molar-refractivity contribution is -0.138. The van der Waals surface area contributed by atoms with Crippen LogP contribution in [0.25, 0.3) is 0 Å². The van der Waals surface area contributed by atoms with Crippen LogP contribution in [0.4, 0.5) is 0 Å². The van der Waals surface area contributed by atoms with E-state index in [1.165, 1.54) is 32.1 Å². The second-order valence-corrected chi connectivity index (χ2v) is 9.15. The SMILES string of the molecule is CNCC1CCN(C(=O)C2CCC(NC(=O)CC3CCCCC3)CC2)CC1. The van der Waals surface area contributed by atoms with Crippen LogP contribution >= 0.6 is 0 Å². The summed E-state index contributed by atoms with van der Waals surface area (Å²) in [6.07, 6.45) is 13.1. The van der Waals surface area contributed by atoms with Crippen molar-refractivity contribution in [3.63, 3.8) is 0 Å². The summed E-state index contributed by atoms with van der Waals surface area (Å²) in [4.78, 5) is 27.3. The first-order valence-corrected chi connectivity index (χ1v) is 11.4. The molecule has 2 saturated carbocycles. The lowest BCUT2D eigenvalue weighted by atomic mass is 9.83. The van der Waals surface area contributed by atoms with Crippen molar-refractivity contribution in [2.75, 3.05) is 26.7 Å². The zero-order valence-electron chi connectivity index (χ0n) is 17.2. The molecule has 2 N–H and O–H groups in total. The molecular formula is C22H39N3O2. The molecule has 0 radical (unpaired) electrons. The van der Waals surface area contributed by atoms with Gasteiger partial charge < -0.3 is 15.5 Å². The number of carbonyl (C=O) groups excluding carboxylic acids is 2. The maximum Gasteiger partial charge on any atom is 0.225 e. The molecule has 3 rings (SSSR count). The molecule has 0 aromatic rings. The average molecular weight is 378 g/mol. The van der Waals surface area contributed by atoms with Gasteiger partial charge in [0.05, 0.1) is 0 Å². The lowest BCUT2D eigenvalue weighted by Crippen LogP contribution is -2.45. The van der Waals surface area contributed by atoms with Gasteiger partial charge in [-0.05, 0) is 76.8 Å². The van der Waals surface area contributed by atoms with Crippen molar-refractivity contribution < 1.29 is 9.59 Å². The molecule has 5 heteroatoms. The van der Waals surface area contributed by atoms with Gasteiger partial charge in [-0.2, -0.15) is 0 Å². The summed E-state index contributed by atoms with van der Waals surface area (Å²) in [5.74, 6) is 2.10. The topological polar surface area (TPSA) is 61.4 Å². The van der Waals surface area contributed by atoms with Crippen LogP contribution in [-0.4, -0.2) is 49.4 Å². The summed E-state index contributed by atoms with van der Waals surface area (Å²) in [7, 11) is 2.00. The van der Waals surface area contributed by atoms with Crippen molar-refractivity contribution in [2.24, 2.45) is 17.8 Å². The number of nitrogens with zero attached hydrogens (tertiary/aromatic N) is 1. The Labute approximate surface area is 165 Å². The van der Waals surface area contributed by atoms with Gasteiger partial charge in [0.1, 0.15) is 0 Å². The fourth-order valence-electron chi connectivity index (χ4n) is 5.33. The Hall–Kier alpha value is -1.10. The van der Waals surface area contributed by atoms with Crippen LogP contribution < -0.4 is 10.6 Å². The van der Waals surface area contributed by atoms with Gasteiger partial charge in [0, 0.05) is 31.5 Å². The Morgan fingerprint density at radius 1 is 0.852 bits per heavy atom. The molecule has 0 atom stereocenters. The summed E-state index contributed by atoms with van der Waals surface area (Å²) in [6, 6.07) is 0.284. The lowest BCUT2D eigenvalue weighted by Gasteiger charge is -2.36. The van der Waals surface area contributed by atoms with Gasteiger partial charge in [-0.1, -0.05) is 19.3 Å². The highest BCUT2D eigenvalue weighted by molar-refractivity contribution is 5.79. The fraction of sp³-hybridized carbons (Fsp3) is 0.909. The van der Waals surface area contributed by atoms with Crippen LogP contribution in [0.1, 0.15) is 77.0 Å². The first-order valence-electron chi connectivity index (χ1n) is 11.4. The third-order valence-corrected chi connectivity index (χ3v) is 7.06. The van der Waals surface area contributed by atoms with Gasteiger partial charge >= 0.3 is 0 Å². The van der Waals surface area contributed by atoms with Crippen LogP contribution in [0.3, 0.4) is 0 Å². The number of hydrogen-bond acceptors (Lipinski definition) is 3. The van der Waals surface area contributed by atoms with E-state index in [9.17, 15) is 9.59 Å². The van der Waals surface area contributed by atoms with E-state index in [0.29, 0.717) is 24.2 Å². The molecule has 1 heterocycles. The number of likely N-dealkylation sites (tertiary alicyclic amines) is 1. The normalized spacial score (nSPS) is 28.1. The summed E-state index contributed by atoms with van der Waals surface area (Å²) in [5, 5.41) is 6.51. The monoisotopic (exact) mass is 377 g/mol. The molecule has 5 nitrogen and oxygen atoms in total. The first kappa shape index (κ1) is 20.6. The number of amides is 2. The molecule has 2 aliphatic carbocycles. The van der Waals surface area contributed by atoms with Gasteiger partial charge in [0.15, 0.2) is 0 Å². The van der Waals surface area contributed by atoms with Gasteiger partial charge in [-0.15, -0.1) is 0 Å². The Bertz CT molecular complexity index is 474. The highest BCUT2D eigenvalue weighted by Crippen LogP contribution is 2.29. The maximum atomic E-state index is 12.8. The third kappa shape index (κ3) is 6.20. The highest BCUT2D eigenvalue weighted by atomic mass is 16.2. The average Bonchev–Trinajstić information content (AvgIpc) is 2.69. The van der Waals surface area contributed by atoms with Crippen molar-refractivity contribution in [1.29, 1.82) is 0 Å². The zero-order chi connectivity index (χ0) is 19.1. The van der Waals surface area contributed by atoms with Crippen LogP contribution in [0.5, 0.6) is 0 Å². The summed E-state index contributed by atoms with van der Waals surface area (Å²) in [6.45, 7) is 2.90. The minimum absolute atomic E-state index is 0.178. The predicted molar refractivity (Wildman–Crippen MR) is 108 cm³/mol. The Balaban J connectivity index is 1.34. The fourth-order valence-corrected chi connectivity index (χ4v) is 5.33. The van der Waals surface area contributed by atoms with E-state index in [1.54, 1.807) is 0 Å². The predicted octanol–water partition coefficient (Wildman–Crippen LogP) is 3.09. The second kappa shape index (κ2) is 10.4. The van der Waals surface area contributed by atoms with Crippen molar-refractivity contribution in [3.8, 4) is 0 Å². The Morgan fingerprint density at radius 3 is 2.15 bits per heavy atom. The largest absolute Gasteiger partial charge is 0.353 e. The van der Waals surface area contributed by atoms with Crippen LogP contribution in [-0.2, 0) is 9.59 Å². The number of carbonyl (C=O) groups is 2. The third-order valence-electron chi connectivity index (χ3n) is 7.06. The molecule has 3 aliphatic rings. The Morgan fingerprint density at radius 2 is 1.52 bits per heavy atom. The molecule has 27 heavy (non-hydrogen) atoms. The Kier molecular flexibility index (Phi) is 7.98. The van der Waals surface area contributed by atoms with Crippen LogP contribution in [0.2, 0.25) is 0 Å². The second-order valence-electron chi connectivity index (χ2n) is 9.15. The molecule has 0 aromatic heterocycles. The van der Waals surface area contributed by atoms with Crippen molar-refractivity contribution >= 4 is 11.8 Å². The molecular weight excluding hydrogens is 338 g/mol. The highest BCUT2D eigenvalue weighted by Gasteiger charge is 2.32. The van der Waals surface area contributed by atoms with Crippen molar-refractivity contribution in [2.45, 2.75) is 83.1 Å². The summed E-state index contributed by atoms with van der Waals surface area (Å²) < 4.78 is 0. The number of hydrogen-bond donors (Lipinski definition) is 2. The molecule has 2 amide bonds. The molecule has 1 saturated heterocycles.